The third-order valence-corrected chi connectivity index (χ3v) is 6.44. The standard InChI is InChI=1S/C24H32N4O4S/c1-15(2)14-18(21-27-28-23(32-21)33-16(3)4)20(30)25-22(31)24(12-8-9-13-24)26-19(29)17-10-6-5-7-11-17/h5-7,10-11,15-16,18H,8-9,12-14H2,1-4H3,(H,26,29)(H,25,30,31)/t18-/m1/s1. The van der Waals surface area contributed by atoms with E-state index in [1.54, 1.807) is 24.3 Å². The second kappa shape index (κ2) is 11.0. The number of amides is 3. The van der Waals surface area contributed by atoms with Gasteiger partial charge in [-0.05, 0) is 37.3 Å². The Labute approximate surface area is 198 Å². The third kappa shape index (κ3) is 6.43. The summed E-state index contributed by atoms with van der Waals surface area (Å²) in [4.78, 5) is 39.3. The molecule has 1 aliphatic carbocycles. The molecular formula is C24H32N4O4S. The quantitative estimate of drug-likeness (QED) is 0.528. The average molecular weight is 473 g/mol. The van der Waals surface area contributed by atoms with Crippen LogP contribution in [-0.2, 0) is 9.59 Å². The number of hydrogen-bond donors (Lipinski definition) is 2. The maximum Gasteiger partial charge on any atom is 0.276 e. The molecule has 1 atom stereocenters. The van der Waals surface area contributed by atoms with Crippen LogP contribution in [0.5, 0.6) is 0 Å². The van der Waals surface area contributed by atoms with E-state index in [9.17, 15) is 14.4 Å². The summed E-state index contributed by atoms with van der Waals surface area (Å²) in [5.41, 5.74) is -0.639. The number of carbonyl (C=O) groups is 3. The largest absolute Gasteiger partial charge is 0.415 e. The van der Waals surface area contributed by atoms with Crippen LogP contribution in [0.3, 0.4) is 0 Å². The van der Waals surface area contributed by atoms with Gasteiger partial charge >= 0.3 is 0 Å². The van der Waals surface area contributed by atoms with Gasteiger partial charge in [-0.25, -0.2) is 0 Å². The van der Waals surface area contributed by atoms with Gasteiger partial charge in [0.1, 0.15) is 11.5 Å². The maximum atomic E-state index is 13.3. The van der Waals surface area contributed by atoms with Crippen molar-refractivity contribution in [1.29, 1.82) is 0 Å². The summed E-state index contributed by atoms with van der Waals surface area (Å²) in [5, 5.41) is 14.2. The van der Waals surface area contributed by atoms with Crippen molar-refractivity contribution >= 4 is 29.5 Å². The summed E-state index contributed by atoms with van der Waals surface area (Å²) in [6, 6.07) is 8.76. The molecule has 33 heavy (non-hydrogen) atoms. The molecule has 3 rings (SSSR count). The SMILES string of the molecule is CC(C)C[C@H](C(=O)NC(=O)C1(NC(=O)c2ccccc2)CCCC1)c1nnc(SC(C)C)o1. The van der Waals surface area contributed by atoms with E-state index in [2.05, 4.69) is 20.8 Å². The van der Waals surface area contributed by atoms with Gasteiger partial charge in [-0.1, -0.05) is 70.5 Å². The van der Waals surface area contributed by atoms with Crippen LogP contribution in [0.15, 0.2) is 40.0 Å². The number of nitrogens with zero attached hydrogens (tertiary/aromatic N) is 2. The highest BCUT2D eigenvalue weighted by atomic mass is 32.2. The zero-order valence-electron chi connectivity index (χ0n) is 19.6. The second-order valence-corrected chi connectivity index (χ2v) is 10.7. The summed E-state index contributed by atoms with van der Waals surface area (Å²) >= 11 is 1.42. The van der Waals surface area contributed by atoms with E-state index in [1.807, 2.05) is 33.8 Å². The first-order chi connectivity index (χ1) is 15.7. The Bertz CT molecular complexity index is 968. The topological polar surface area (TPSA) is 114 Å². The zero-order valence-corrected chi connectivity index (χ0v) is 20.4. The van der Waals surface area contributed by atoms with Crippen molar-refractivity contribution in [2.75, 3.05) is 0 Å². The smallest absolute Gasteiger partial charge is 0.276 e. The summed E-state index contributed by atoms with van der Waals surface area (Å²) in [7, 11) is 0. The Morgan fingerprint density at radius 1 is 1.06 bits per heavy atom. The lowest BCUT2D eigenvalue weighted by Crippen LogP contribution is -2.58. The minimum atomic E-state index is -1.11. The lowest BCUT2D eigenvalue weighted by molar-refractivity contribution is -0.135. The molecule has 1 aromatic carbocycles. The van der Waals surface area contributed by atoms with Gasteiger partial charge in [0.25, 0.3) is 17.0 Å². The summed E-state index contributed by atoms with van der Waals surface area (Å²) in [6.07, 6.45) is 3.01. The molecule has 1 aromatic heterocycles. The number of benzene rings is 1. The molecule has 1 aliphatic rings. The first-order valence-corrected chi connectivity index (χ1v) is 12.3. The Balaban J connectivity index is 1.76. The number of hydrogen-bond acceptors (Lipinski definition) is 7. The molecule has 0 unspecified atom stereocenters. The Kier molecular flexibility index (Phi) is 8.29. The van der Waals surface area contributed by atoms with Gasteiger partial charge in [0.2, 0.25) is 11.8 Å². The third-order valence-electron chi connectivity index (χ3n) is 5.60. The first kappa shape index (κ1) is 25.0. The van der Waals surface area contributed by atoms with Crippen LogP contribution in [-0.4, -0.2) is 38.7 Å². The van der Waals surface area contributed by atoms with E-state index in [0.717, 1.165) is 12.8 Å². The summed E-state index contributed by atoms with van der Waals surface area (Å²) in [6.45, 7) is 7.99. The molecule has 0 spiro atoms. The highest BCUT2D eigenvalue weighted by molar-refractivity contribution is 7.99. The van der Waals surface area contributed by atoms with Crippen molar-refractivity contribution in [3.8, 4) is 0 Å². The molecular weight excluding hydrogens is 440 g/mol. The van der Waals surface area contributed by atoms with Gasteiger partial charge in [-0.2, -0.15) is 0 Å². The summed E-state index contributed by atoms with van der Waals surface area (Å²) < 4.78 is 5.73. The number of nitrogens with one attached hydrogen (secondary N) is 2. The molecule has 0 saturated heterocycles. The molecule has 9 heteroatoms. The van der Waals surface area contributed by atoms with Gasteiger partial charge in [-0.15, -0.1) is 10.2 Å². The number of carbonyl (C=O) groups excluding carboxylic acids is 3. The van der Waals surface area contributed by atoms with Crippen molar-refractivity contribution in [1.82, 2.24) is 20.8 Å². The van der Waals surface area contributed by atoms with Gasteiger partial charge in [0.05, 0.1) is 0 Å². The molecule has 1 fully saturated rings. The normalized spacial score (nSPS) is 16.1. The fourth-order valence-corrected chi connectivity index (χ4v) is 4.61. The number of thioether (sulfide) groups is 1. The highest BCUT2D eigenvalue weighted by Gasteiger charge is 2.44. The van der Waals surface area contributed by atoms with Crippen LogP contribution in [0, 0.1) is 5.92 Å². The van der Waals surface area contributed by atoms with Crippen LogP contribution < -0.4 is 10.6 Å². The van der Waals surface area contributed by atoms with E-state index >= 15 is 0 Å². The lowest BCUT2D eigenvalue weighted by Gasteiger charge is -2.29. The molecule has 0 bridgehead atoms. The number of aromatic nitrogens is 2. The first-order valence-electron chi connectivity index (χ1n) is 11.4. The summed E-state index contributed by atoms with van der Waals surface area (Å²) in [5.74, 6) is -1.68. The van der Waals surface area contributed by atoms with Crippen molar-refractivity contribution in [2.24, 2.45) is 5.92 Å². The monoisotopic (exact) mass is 472 g/mol. The molecule has 8 nitrogen and oxygen atoms in total. The van der Waals surface area contributed by atoms with Crippen LogP contribution in [0.25, 0.3) is 0 Å². The molecule has 3 amide bonds. The molecule has 1 heterocycles. The van der Waals surface area contributed by atoms with Crippen molar-refractivity contribution in [3.05, 3.63) is 41.8 Å². The van der Waals surface area contributed by atoms with Crippen molar-refractivity contribution in [3.63, 3.8) is 0 Å². The van der Waals surface area contributed by atoms with Gasteiger partial charge in [0.15, 0.2) is 0 Å². The lowest BCUT2D eigenvalue weighted by atomic mass is 9.93. The van der Waals surface area contributed by atoms with Gasteiger partial charge in [-0.3, -0.25) is 19.7 Å². The minimum Gasteiger partial charge on any atom is -0.415 e. The molecule has 2 N–H and O–H groups in total. The van der Waals surface area contributed by atoms with Crippen LogP contribution in [0.4, 0.5) is 0 Å². The van der Waals surface area contributed by atoms with Crippen LogP contribution in [0.1, 0.15) is 82.0 Å². The molecule has 2 aromatic rings. The van der Waals surface area contributed by atoms with Gasteiger partial charge in [0, 0.05) is 10.8 Å². The average Bonchev–Trinajstić information content (AvgIpc) is 3.42. The molecule has 178 valence electrons. The molecule has 0 radical (unpaired) electrons. The van der Waals surface area contributed by atoms with Crippen LogP contribution in [0.2, 0.25) is 0 Å². The second-order valence-electron chi connectivity index (χ2n) is 9.18. The Morgan fingerprint density at radius 3 is 2.33 bits per heavy atom. The van der Waals surface area contributed by atoms with E-state index in [1.165, 1.54) is 11.8 Å². The van der Waals surface area contributed by atoms with Crippen molar-refractivity contribution in [2.45, 2.75) is 81.7 Å². The van der Waals surface area contributed by atoms with E-state index < -0.39 is 23.3 Å². The molecule has 0 aliphatic heterocycles. The van der Waals surface area contributed by atoms with Crippen molar-refractivity contribution < 1.29 is 18.8 Å². The fraction of sp³-hybridized carbons (Fsp3) is 0.542. The number of imide groups is 1. The minimum absolute atomic E-state index is 0.169. The Morgan fingerprint density at radius 2 is 1.73 bits per heavy atom. The van der Waals surface area contributed by atoms with E-state index in [0.29, 0.717) is 30.0 Å². The van der Waals surface area contributed by atoms with Gasteiger partial charge < -0.3 is 9.73 Å². The Hall–Kier alpha value is -2.68. The fourth-order valence-electron chi connectivity index (χ4n) is 3.99. The predicted octanol–water partition coefficient (Wildman–Crippen LogP) is 4.09. The zero-order chi connectivity index (χ0) is 24.0. The predicted molar refractivity (Wildman–Crippen MR) is 126 cm³/mol. The van der Waals surface area contributed by atoms with Crippen LogP contribution >= 0.6 is 11.8 Å². The molecule has 1 saturated carbocycles. The van der Waals surface area contributed by atoms with E-state index in [-0.39, 0.29) is 23.0 Å². The maximum absolute atomic E-state index is 13.3. The number of rotatable bonds is 9. The highest BCUT2D eigenvalue weighted by Crippen LogP contribution is 2.32. The van der Waals surface area contributed by atoms with E-state index in [4.69, 9.17) is 4.42 Å².